The maximum Gasteiger partial charge on any atom is 0.346 e. The van der Waals surface area contributed by atoms with Crippen LogP contribution in [0.15, 0.2) is 0 Å². The fourth-order valence-electron chi connectivity index (χ4n) is 1.13. The lowest BCUT2D eigenvalue weighted by Crippen LogP contribution is -2.41. The lowest BCUT2D eigenvalue weighted by Gasteiger charge is -2.11. The summed E-state index contributed by atoms with van der Waals surface area (Å²) in [6.45, 7) is 0. The molecule has 4 N–H and O–H groups in total. The van der Waals surface area contributed by atoms with Crippen LogP contribution in [-0.4, -0.2) is 68.4 Å². The zero-order valence-corrected chi connectivity index (χ0v) is 12.0. The predicted octanol–water partition coefficient (Wildman–Crippen LogP) is -2.42. The van der Waals surface area contributed by atoms with Gasteiger partial charge in [0.15, 0.2) is 12.2 Å². The molecular weight excluding hydrogens is 336 g/mol. The van der Waals surface area contributed by atoms with E-state index in [0.717, 1.165) is 0 Å². The third kappa shape index (κ3) is 8.55. The summed E-state index contributed by atoms with van der Waals surface area (Å²) in [5.41, 5.74) is 0. The third-order valence-electron chi connectivity index (χ3n) is 2.31. The number of carboxylic acids is 2. The summed E-state index contributed by atoms with van der Waals surface area (Å²) in [5, 5.41) is 34.6. The molecule has 2 unspecified atom stereocenters. The summed E-state index contributed by atoms with van der Waals surface area (Å²) in [4.78, 5) is 65.0. The van der Waals surface area contributed by atoms with E-state index in [-0.39, 0.29) is 0 Å². The van der Waals surface area contributed by atoms with E-state index in [1.54, 1.807) is 0 Å². The molecule has 0 aliphatic heterocycles. The van der Waals surface area contributed by atoms with E-state index in [4.69, 9.17) is 20.4 Å². The van der Waals surface area contributed by atoms with E-state index in [1.807, 2.05) is 0 Å². The molecule has 0 saturated heterocycles. The highest BCUT2D eigenvalue weighted by molar-refractivity contribution is 5.93. The van der Waals surface area contributed by atoms with Crippen LogP contribution in [0.5, 0.6) is 0 Å². The van der Waals surface area contributed by atoms with Gasteiger partial charge in [-0.15, -0.1) is 0 Å². The molecule has 12 nitrogen and oxygen atoms in total. The van der Waals surface area contributed by atoms with Crippen LogP contribution in [0.2, 0.25) is 0 Å². The highest BCUT2D eigenvalue weighted by Crippen LogP contribution is 2.03. The molecule has 0 aromatic carbocycles. The number of aliphatic hydroxyl groups is 2. The fourth-order valence-corrected chi connectivity index (χ4v) is 1.13. The number of hydrogen-bond acceptors (Lipinski definition) is 10. The standard InChI is InChI=1S/C12H14O12/c13-5(14)1-2-6(15)23-7(16)3-4-8(17)24-12(22)10(19)9(18)11(20)21/h9-10,18-19H,1-4H2,(H,13,14)(H,20,21). The maximum atomic E-state index is 11.2. The van der Waals surface area contributed by atoms with Gasteiger partial charge in [-0.2, -0.15) is 0 Å². The van der Waals surface area contributed by atoms with Crippen LogP contribution in [0.1, 0.15) is 25.7 Å². The molecular formula is C12H14O12. The highest BCUT2D eigenvalue weighted by atomic mass is 16.6. The van der Waals surface area contributed by atoms with Crippen LogP contribution in [0.25, 0.3) is 0 Å². The number of ether oxygens (including phenoxy) is 2. The van der Waals surface area contributed by atoms with Gasteiger partial charge in [-0.25, -0.2) is 9.59 Å². The average Bonchev–Trinajstić information content (AvgIpc) is 2.49. The Labute approximate surface area is 133 Å². The van der Waals surface area contributed by atoms with Gasteiger partial charge in [0.25, 0.3) is 0 Å². The van der Waals surface area contributed by atoms with Crippen LogP contribution in [0.4, 0.5) is 0 Å². The molecule has 2 atom stereocenters. The molecule has 0 heterocycles. The molecule has 0 fully saturated rings. The lowest BCUT2D eigenvalue weighted by atomic mass is 10.2. The summed E-state index contributed by atoms with van der Waals surface area (Å²) in [7, 11) is 0. The Balaban J connectivity index is 4.19. The minimum absolute atomic E-state index is 0.549. The third-order valence-corrected chi connectivity index (χ3v) is 2.31. The van der Waals surface area contributed by atoms with Crippen molar-refractivity contribution in [1.29, 1.82) is 0 Å². The number of carboxylic acid groups (broad SMARTS) is 2. The SMILES string of the molecule is O=C(O)CCC(=O)OC(=O)CCC(=O)OC(=O)C(O)C(O)C(=O)O. The van der Waals surface area contributed by atoms with Crippen LogP contribution < -0.4 is 0 Å². The first-order valence-electron chi connectivity index (χ1n) is 6.33. The predicted molar refractivity (Wildman–Crippen MR) is 68.0 cm³/mol. The van der Waals surface area contributed by atoms with E-state index in [1.165, 1.54) is 0 Å². The molecule has 0 aromatic heterocycles. The molecule has 0 amide bonds. The van der Waals surface area contributed by atoms with Gasteiger partial charge in [0.1, 0.15) is 0 Å². The number of carbonyl (C=O) groups excluding carboxylic acids is 4. The maximum absolute atomic E-state index is 11.2. The van der Waals surface area contributed by atoms with Gasteiger partial charge in [-0.3, -0.25) is 19.2 Å². The van der Waals surface area contributed by atoms with Crippen molar-refractivity contribution >= 4 is 35.8 Å². The van der Waals surface area contributed by atoms with Crippen LogP contribution in [0.3, 0.4) is 0 Å². The van der Waals surface area contributed by atoms with E-state index in [2.05, 4.69) is 9.47 Å². The zero-order chi connectivity index (χ0) is 18.9. The molecule has 0 bridgehead atoms. The quantitative estimate of drug-likeness (QED) is 0.253. The molecule has 12 heteroatoms. The van der Waals surface area contributed by atoms with E-state index in [0.29, 0.717) is 0 Å². The Morgan fingerprint density at radius 1 is 0.667 bits per heavy atom. The first-order chi connectivity index (χ1) is 11.0. The van der Waals surface area contributed by atoms with Gasteiger partial charge in [0.2, 0.25) is 0 Å². The number of hydrogen-bond donors (Lipinski definition) is 4. The summed E-state index contributed by atoms with van der Waals surface area (Å²) >= 11 is 0. The minimum Gasteiger partial charge on any atom is -0.481 e. The monoisotopic (exact) mass is 350 g/mol. The van der Waals surface area contributed by atoms with Crippen molar-refractivity contribution in [3.63, 3.8) is 0 Å². The Morgan fingerprint density at radius 3 is 1.50 bits per heavy atom. The first-order valence-corrected chi connectivity index (χ1v) is 6.33. The van der Waals surface area contributed by atoms with Crippen molar-refractivity contribution < 1.29 is 58.7 Å². The second-order valence-electron chi connectivity index (χ2n) is 4.26. The normalized spacial score (nSPS) is 12.6. The van der Waals surface area contributed by atoms with Crippen molar-refractivity contribution in [2.75, 3.05) is 0 Å². The number of carbonyl (C=O) groups is 6. The molecule has 0 aliphatic carbocycles. The second-order valence-corrected chi connectivity index (χ2v) is 4.26. The molecule has 0 radical (unpaired) electrons. The van der Waals surface area contributed by atoms with Gasteiger partial charge >= 0.3 is 35.8 Å². The summed E-state index contributed by atoms with van der Waals surface area (Å²) in [5.74, 6) is -8.57. The largest absolute Gasteiger partial charge is 0.481 e. The molecule has 0 saturated carbocycles. The van der Waals surface area contributed by atoms with Crippen molar-refractivity contribution in [3.8, 4) is 0 Å². The van der Waals surface area contributed by atoms with Gasteiger partial charge < -0.3 is 29.9 Å². The van der Waals surface area contributed by atoms with Crippen LogP contribution >= 0.6 is 0 Å². The van der Waals surface area contributed by atoms with Crippen molar-refractivity contribution in [1.82, 2.24) is 0 Å². The molecule has 0 aliphatic rings. The van der Waals surface area contributed by atoms with Crippen molar-refractivity contribution in [2.45, 2.75) is 37.9 Å². The van der Waals surface area contributed by atoms with E-state index >= 15 is 0 Å². The number of aliphatic hydroxyl groups excluding tert-OH is 2. The lowest BCUT2D eigenvalue weighted by molar-refractivity contribution is -0.176. The Kier molecular flexibility index (Phi) is 8.82. The van der Waals surface area contributed by atoms with Crippen LogP contribution in [-0.2, 0) is 38.2 Å². The number of rotatable bonds is 9. The zero-order valence-electron chi connectivity index (χ0n) is 12.0. The fraction of sp³-hybridized carbons (Fsp3) is 0.500. The van der Waals surface area contributed by atoms with Crippen LogP contribution in [0, 0.1) is 0 Å². The van der Waals surface area contributed by atoms with Gasteiger partial charge in [-0.05, 0) is 0 Å². The van der Waals surface area contributed by atoms with Crippen molar-refractivity contribution in [3.05, 3.63) is 0 Å². The Morgan fingerprint density at radius 2 is 1.08 bits per heavy atom. The van der Waals surface area contributed by atoms with E-state index < -0.39 is 73.7 Å². The molecule has 134 valence electrons. The molecule has 0 aromatic rings. The summed E-state index contributed by atoms with van der Waals surface area (Å²) in [6.07, 6.45) is -7.54. The van der Waals surface area contributed by atoms with Gasteiger partial charge in [0, 0.05) is 0 Å². The summed E-state index contributed by atoms with van der Waals surface area (Å²) in [6, 6.07) is 0. The summed E-state index contributed by atoms with van der Waals surface area (Å²) < 4.78 is 8.17. The first kappa shape index (κ1) is 21.1. The number of esters is 4. The van der Waals surface area contributed by atoms with E-state index in [9.17, 15) is 28.8 Å². The van der Waals surface area contributed by atoms with Gasteiger partial charge in [0.05, 0.1) is 25.7 Å². The smallest absolute Gasteiger partial charge is 0.346 e. The topological polar surface area (TPSA) is 202 Å². The average molecular weight is 350 g/mol. The Hall–Kier alpha value is -2.86. The Bertz CT molecular complexity index is 536. The van der Waals surface area contributed by atoms with Crippen molar-refractivity contribution in [2.24, 2.45) is 0 Å². The van der Waals surface area contributed by atoms with Gasteiger partial charge in [-0.1, -0.05) is 0 Å². The molecule has 0 rings (SSSR count). The minimum atomic E-state index is -2.50. The number of aliphatic carboxylic acids is 2. The second kappa shape index (κ2) is 10.0. The highest BCUT2D eigenvalue weighted by Gasteiger charge is 2.32. The molecule has 24 heavy (non-hydrogen) atoms. The molecule has 0 spiro atoms.